The molecule has 1 aromatic heterocycles. The van der Waals surface area contributed by atoms with Crippen LogP contribution in [0.2, 0.25) is 10.0 Å². The normalized spacial score (nSPS) is 21.8. The van der Waals surface area contributed by atoms with Crippen LogP contribution in [-0.4, -0.2) is 65.0 Å². The summed E-state index contributed by atoms with van der Waals surface area (Å²) in [7, 11) is 0. The number of fused-ring (bicyclic) bond motifs is 2. The molecular formula is C30H31Cl2F2N5O. The topological polar surface area (TPSA) is 51.7 Å². The molecule has 2 atom stereocenters. The number of piperazine rings is 1. The molecule has 4 heterocycles. The maximum Gasteiger partial charge on any atom is 0.253 e. The average molecular weight is 587 g/mol. The lowest BCUT2D eigenvalue weighted by Crippen LogP contribution is -2.53. The Kier molecular flexibility index (Phi) is 7.95. The Labute approximate surface area is 242 Å². The van der Waals surface area contributed by atoms with Crippen molar-refractivity contribution in [2.45, 2.75) is 50.5 Å². The number of carbonyl (C=O) groups excluding carboxylic acids is 1. The van der Waals surface area contributed by atoms with E-state index in [4.69, 9.17) is 23.2 Å². The second-order valence-corrected chi connectivity index (χ2v) is 11.8. The van der Waals surface area contributed by atoms with E-state index in [9.17, 15) is 13.6 Å². The number of carbonyl (C=O) groups is 1. The summed E-state index contributed by atoms with van der Waals surface area (Å²) in [5.41, 5.74) is 2.09. The molecule has 40 heavy (non-hydrogen) atoms. The van der Waals surface area contributed by atoms with Gasteiger partial charge in [0.25, 0.3) is 5.91 Å². The van der Waals surface area contributed by atoms with Crippen LogP contribution in [0.3, 0.4) is 0 Å². The van der Waals surface area contributed by atoms with Crippen molar-refractivity contribution in [3.05, 3.63) is 93.1 Å². The minimum absolute atomic E-state index is 0.0706. The molecule has 6 nitrogen and oxygen atoms in total. The standard InChI is InChI=1S/C30H31Cl2F2N5O/c31-22-4-1-19(2-5-22)16-37-9-7-23(8-10-37)38-17-25-13-24(38)18-39(25)29-26(32)12-21(15-35-29)30(40)36-14-20-3-6-27(33)28(34)11-20/h1-6,11-12,15,23-25H,7-10,13-14,16-18H2,(H,36,40). The summed E-state index contributed by atoms with van der Waals surface area (Å²) < 4.78 is 26.6. The summed E-state index contributed by atoms with van der Waals surface area (Å²) in [6.45, 7) is 5.11. The van der Waals surface area contributed by atoms with Crippen molar-refractivity contribution >= 4 is 34.9 Å². The Bertz CT molecular complexity index is 1380. The predicted molar refractivity (Wildman–Crippen MR) is 153 cm³/mol. The van der Waals surface area contributed by atoms with Gasteiger partial charge in [-0.05, 0) is 73.8 Å². The van der Waals surface area contributed by atoms with Gasteiger partial charge in [-0.15, -0.1) is 0 Å². The van der Waals surface area contributed by atoms with Crippen LogP contribution >= 0.6 is 23.2 Å². The fourth-order valence-electron chi connectivity index (χ4n) is 6.36. The molecule has 0 radical (unpaired) electrons. The first-order valence-electron chi connectivity index (χ1n) is 13.7. The van der Waals surface area contributed by atoms with E-state index in [1.165, 1.54) is 30.7 Å². The molecule has 3 fully saturated rings. The number of rotatable bonds is 7. The Balaban J connectivity index is 1.01. The van der Waals surface area contributed by atoms with Gasteiger partial charge in [0.05, 0.1) is 10.6 Å². The Morgan fingerprint density at radius 3 is 2.35 bits per heavy atom. The van der Waals surface area contributed by atoms with Crippen LogP contribution in [0.1, 0.15) is 40.7 Å². The van der Waals surface area contributed by atoms with Crippen molar-refractivity contribution in [2.24, 2.45) is 0 Å². The Morgan fingerprint density at radius 1 is 0.925 bits per heavy atom. The molecule has 0 aliphatic carbocycles. The van der Waals surface area contributed by atoms with Crippen LogP contribution in [0.15, 0.2) is 54.7 Å². The fraction of sp³-hybridized carbons (Fsp3) is 0.400. The van der Waals surface area contributed by atoms with E-state index in [2.05, 4.69) is 37.1 Å². The third-order valence-electron chi connectivity index (χ3n) is 8.42. The van der Waals surface area contributed by atoms with E-state index in [1.54, 1.807) is 6.07 Å². The average Bonchev–Trinajstić information content (AvgIpc) is 3.56. The summed E-state index contributed by atoms with van der Waals surface area (Å²) in [6.07, 6.45) is 4.97. The second-order valence-electron chi connectivity index (χ2n) is 11.0. The second kappa shape index (κ2) is 11.6. The molecule has 2 unspecified atom stereocenters. The SMILES string of the molecule is O=C(NCc1ccc(F)c(F)c1)c1cnc(N2CC3CC2CN3C2CCN(Cc3ccc(Cl)cc3)CC2)c(Cl)c1. The molecule has 3 aromatic rings. The minimum Gasteiger partial charge on any atom is -0.349 e. The number of nitrogens with zero attached hydrogens (tertiary/aromatic N) is 4. The van der Waals surface area contributed by atoms with Gasteiger partial charge < -0.3 is 10.2 Å². The van der Waals surface area contributed by atoms with Crippen molar-refractivity contribution in [1.29, 1.82) is 0 Å². The molecule has 0 spiro atoms. The van der Waals surface area contributed by atoms with Gasteiger partial charge in [-0.25, -0.2) is 13.8 Å². The lowest BCUT2D eigenvalue weighted by molar-refractivity contribution is 0.0903. The van der Waals surface area contributed by atoms with Gasteiger partial charge in [0.1, 0.15) is 5.82 Å². The summed E-state index contributed by atoms with van der Waals surface area (Å²) >= 11 is 12.6. The van der Waals surface area contributed by atoms with E-state index >= 15 is 0 Å². The molecule has 6 rings (SSSR count). The molecular weight excluding hydrogens is 555 g/mol. The minimum atomic E-state index is -0.945. The maximum atomic E-state index is 13.4. The molecule has 0 saturated carbocycles. The van der Waals surface area contributed by atoms with Crippen LogP contribution in [0.4, 0.5) is 14.6 Å². The first-order valence-corrected chi connectivity index (χ1v) is 14.5. The first kappa shape index (κ1) is 27.4. The molecule has 10 heteroatoms. The highest BCUT2D eigenvalue weighted by molar-refractivity contribution is 6.33. The van der Waals surface area contributed by atoms with Crippen molar-refractivity contribution in [3.63, 3.8) is 0 Å². The zero-order valence-electron chi connectivity index (χ0n) is 22.0. The monoisotopic (exact) mass is 585 g/mol. The number of hydrogen-bond acceptors (Lipinski definition) is 5. The van der Waals surface area contributed by atoms with Crippen LogP contribution in [0, 0.1) is 11.6 Å². The molecule has 1 N–H and O–H groups in total. The third-order valence-corrected chi connectivity index (χ3v) is 8.95. The van der Waals surface area contributed by atoms with E-state index in [-0.39, 0.29) is 12.5 Å². The third kappa shape index (κ3) is 5.81. The van der Waals surface area contributed by atoms with Crippen LogP contribution < -0.4 is 10.2 Å². The van der Waals surface area contributed by atoms with E-state index in [0.717, 1.165) is 56.3 Å². The number of anilines is 1. The molecule has 3 aliphatic heterocycles. The van der Waals surface area contributed by atoms with Crippen molar-refractivity contribution in [1.82, 2.24) is 20.1 Å². The lowest BCUT2D eigenvalue weighted by Gasteiger charge is -2.43. The van der Waals surface area contributed by atoms with Crippen LogP contribution in [0.5, 0.6) is 0 Å². The van der Waals surface area contributed by atoms with Crippen molar-refractivity contribution in [3.8, 4) is 0 Å². The predicted octanol–water partition coefficient (Wildman–Crippen LogP) is 5.52. The number of amides is 1. The maximum absolute atomic E-state index is 13.4. The summed E-state index contributed by atoms with van der Waals surface area (Å²) in [4.78, 5) is 24.7. The Hall–Kier alpha value is -2.78. The highest BCUT2D eigenvalue weighted by atomic mass is 35.5. The summed E-state index contributed by atoms with van der Waals surface area (Å²) in [5, 5.41) is 3.92. The highest BCUT2D eigenvalue weighted by Crippen LogP contribution is 2.39. The largest absolute Gasteiger partial charge is 0.349 e. The molecule has 1 amide bonds. The van der Waals surface area contributed by atoms with Gasteiger partial charge in [0.2, 0.25) is 0 Å². The number of nitrogens with one attached hydrogen (secondary N) is 1. The van der Waals surface area contributed by atoms with Gasteiger partial charge in [0.15, 0.2) is 11.6 Å². The van der Waals surface area contributed by atoms with Gasteiger partial charge >= 0.3 is 0 Å². The summed E-state index contributed by atoms with van der Waals surface area (Å²) in [5.74, 6) is -1.53. The van der Waals surface area contributed by atoms with Gasteiger partial charge in [0, 0.05) is 55.5 Å². The van der Waals surface area contributed by atoms with E-state index in [1.807, 2.05) is 12.1 Å². The number of piperidine rings is 1. The Morgan fingerprint density at radius 2 is 1.68 bits per heavy atom. The quantitative estimate of drug-likeness (QED) is 0.395. The van der Waals surface area contributed by atoms with Crippen molar-refractivity contribution in [2.75, 3.05) is 31.1 Å². The number of likely N-dealkylation sites (tertiary alicyclic amines) is 2. The van der Waals surface area contributed by atoms with Gasteiger partial charge in [-0.1, -0.05) is 41.4 Å². The van der Waals surface area contributed by atoms with Crippen molar-refractivity contribution < 1.29 is 13.6 Å². The van der Waals surface area contributed by atoms with E-state index in [0.29, 0.717) is 40.1 Å². The molecule has 210 valence electrons. The lowest BCUT2D eigenvalue weighted by atomic mass is 10.0. The smallest absolute Gasteiger partial charge is 0.253 e. The number of halogens is 4. The number of benzene rings is 2. The van der Waals surface area contributed by atoms with Crippen LogP contribution in [-0.2, 0) is 13.1 Å². The first-order chi connectivity index (χ1) is 19.3. The zero-order valence-corrected chi connectivity index (χ0v) is 23.5. The van der Waals surface area contributed by atoms with Gasteiger partial charge in [-0.2, -0.15) is 0 Å². The molecule has 2 bridgehead atoms. The zero-order chi connectivity index (χ0) is 27.8. The number of pyridine rings is 1. The van der Waals surface area contributed by atoms with E-state index < -0.39 is 11.6 Å². The molecule has 3 aliphatic rings. The number of aromatic nitrogens is 1. The fourth-order valence-corrected chi connectivity index (χ4v) is 6.76. The summed E-state index contributed by atoms with van der Waals surface area (Å²) in [6, 6.07) is 14.7. The number of hydrogen-bond donors (Lipinski definition) is 1. The molecule has 3 saturated heterocycles. The highest BCUT2D eigenvalue weighted by Gasteiger charge is 2.46. The van der Waals surface area contributed by atoms with Gasteiger partial charge in [-0.3, -0.25) is 14.6 Å². The van der Waals surface area contributed by atoms with Crippen LogP contribution in [0.25, 0.3) is 0 Å². The molecule has 2 aromatic carbocycles.